The van der Waals surface area contributed by atoms with Crippen molar-refractivity contribution in [1.29, 1.82) is 0 Å². The maximum absolute atomic E-state index is 11.0. The Bertz CT molecular complexity index is 334. The fourth-order valence-electron chi connectivity index (χ4n) is 1.05. The van der Waals surface area contributed by atoms with Crippen LogP contribution in [0.15, 0.2) is 11.5 Å². The lowest BCUT2D eigenvalue weighted by molar-refractivity contribution is 0.297. The van der Waals surface area contributed by atoms with Crippen molar-refractivity contribution in [3.05, 3.63) is 11.5 Å². The van der Waals surface area contributed by atoms with Gasteiger partial charge in [-0.2, -0.15) is 0 Å². The molecule has 4 nitrogen and oxygen atoms in total. The number of sulfone groups is 1. The predicted molar refractivity (Wildman–Crippen MR) is 58.7 cm³/mol. The minimum Gasteiger partial charge on any atom is -0.471 e. The van der Waals surface area contributed by atoms with Gasteiger partial charge in [0.15, 0.2) is 9.84 Å². The highest BCUT2D eigenvalue weighted by atomic mass is 32.2. The van der Waals surface area contributed by atoms with Crippen molar-refractivity contribution in [3.63, 3.8) is 0 Å². The van der Waals surface area contributed by atoms with E-state index in [0.717, 1.165) is 6.42 Å². The van der Waals surface area contributed by atoms with Crippen LogP contribution in [0.4, 0.5) is 0 Å². The van der Waals surface area contributed by atoms with Gasteiger partial charge in [0.25, 0.3) is 5.17 Å². The first-order valence-electron chi connectivity index (χ1n) is 4.38. The van der Waals surface area contributed by atoms with E-state index < -0.39 is 9.84 Å². The van der Waals surface area contributed by atoms with Crippen LogP contribution in [-0.2, 0) is 14.6 Å². The Balaban J connectivity index is 2.34. The van der Waals surface area contributed by atoms with Gasteiger partial charge >= 0.3 is 0 Å². The molecule has 1 aliphatic rings. The highest BCUT2D eigenvalue weighted by molar-refractivity contribution is 7.94. The lowest BCUT2D eigenvalue weighted by Gasteiger charge is -2.12. The molecule has 1 rings (SSSR count). The van der Waals surface area contributed by atoms with E-state index in [-0.39, 0.29) is 17.0 Å². The minimum atomic E-state index is -3.02. The molecule has 6 heteroatoms. The zero-order valence-corrected chi connectivity index (χ0v) is 9.53. The Kier molecular flexibility index (Phi) is 3.88. The average molecular weight is 235 g/mol. The van der Waals surface area contributed by atoms with Crippen LogP contribution in [0, 0.1) is 0 Å². The topological polar surface area (TPSA) is 55.4 Å². The maximum atomic E-state index is 11.0. The summed E-state index contributed by atoms with van der Waals surface area (Å²) >= 11 is 4.87. The smallest absolute Gasteiger partial charge is 0.257 e. The van der Waals surface area contributed by atoms with Crippen LogP contribution in [0.5, 0.6) is 0 Å². The molecule has 1 aliphatic heterocycles. The lowest BCUT2D eigenvalue weighted by atomic mass is 10.3. The second-order valence-corrected chi connectivity index (χ2v) is 5.35. The summed E-state index contributed by atoms with van der Waals surface area (Å²) in [4.78, 5) is 0. The molecule has 14 heavy (non-hydrogen) atoms. The van der Waals surface area contributed by atoms with Crippen LogP contribution in [0.3, 0.4) is 0 Å². The number of hydrogen-bond donors (Lipinski definition) is 1. The molecule has 0 aromatic rings. The molecule has 0 aromatic carbocycles. The van der Waals surface area contributed by atoms with E-state index in [1.807, 2.05) is 6.92 Å². The van der Waals surface area contributed by atoms with Gasteiger partial charge in [-0.15, -0.1) is 0 Å². The Morgan fingerprint density at radius 2 is 2.43 bits per heavy atom. The molecule has 0 saturated heterocycles. The van der Waals surface area contributed by atoms with Crippen molar-refractivity contribution in [1.82, 2.24) is 5.32 Å². The summed E-state index contributed by atoms with van der Waals surface area (Å²) in [6.07, 6.45) is 2.46. The van der Waals surface area contributed by atoms with Crippen molar-refractivity contribution in [2.45, 2.75) is 19.4 Å². The molecule has 0 fully saturated rings. The van der Waals surface area contributed by atoms with Gasteiger partial charge in [0.05, 0.1) is 18.4 Å². The Morgan fingerprint density at radius 3 is 2.93 bits per heavy atom. The van der Waals surface area contributed by atoms with Gasteiger partial charge < -0.3 is 10.1 Å². The molecule has 1 N–H and O–H groups in total. The lowest BCUT2D eigenvalue weighted by Crippen LogP contribution is -2.35. The predicted octanol–water partition coefficient (Wildman–Crippen LogP) is 0.598. The van der Waals surface area contributed by atoms with Crippen LogP contribution < -0.4 is 5.32 Å². The minimum absolute atomic E-state index is 0.0582. The first kappa shape index (κ1) is 11.5. The molecule has 1 heterocycles. The molecule has 0 aliphatic carbocycles. The van der Waals surface area contributed by atoms with Gasteiger partial charge in [-0.3, -0.25) is 0 Å². The molecule has 0 spiro atoms. The number of nitrogens with one attached hydrogen (secondary N) is 1. The van der Waals surface area contributed by atoms with Crippen molar-refractivity contribution < 1.29 is 13.2 Å². The van der Waals surface area contributed by atoms with Crippen LogP contribution >= 0.6 is 12.2 Å². The molecular formula is C8H13NO3S2. The maximum Gasteiger partial charge on any atom is 0.257 e. The molecule has 0 unspecified atom stereocenters. The van der Waals surface area contributed by atoms with Crippen molar-refractivity contribution in [2.75, 3.05) is 12.4 Å². The van der Waals surface area contributed by atoms with Crippen molar-refractivity contribution >= 4 is 27.2 Å². The summed E-state index contributed by atoms with van der Waals surface area (Å²) in [7, 11) is -3.02. The SMILES string of the molecule is CCCOC(=S)N[C@@H]1C=CS(=O)(=O)C1. The van der Waals surface area contributed by atoms with Crippen molar-refractivity contribution in [2.24, 2.45) is 0 Å². The number of hydrogen-bond acceptors (Lipinski definition) is 4. The number of ether oxygens (including phenoxy) is 1. The quantitative estimate of drug-likeness (QED) is 0.726. The van der Waals surface area contributed by atoms with E-state index in [0.29, 0.717) is 6.61 Å². The van der Waals surface area contributed by atoms with Crippen LogP contribution in [0.1, 0.15) is 13.3 Å². The van der Waals surface area contributed by atoms with E-state index in [1.54, 1.807) is 6.08 Å². The summed E-state index contributed by atoms with van der Waals surface area (Å²) in [6.45, 7) is 2.53. The largest absolute Gasteiger partial charge is 0.471 e. The van der Waals surface area contributed by atoms with Gasteiger partial charge in [0, 0.05) is 5.41 Å². The summed E-state index contributed by atoms with van der Waals surface area (Å²) in [6, 6.07) is -0.246. The molecule has 0 aromatic heterocycles. The fraction of sp³-hybridized carbons (Fsp3) is 0.625. The zero-order chi connectivity index (χ0) is 10.6. The molecule has 80 valence electrons. The molecule has 0 saturated carbocycles. The molecule has 0 radical (unpaired) electrons. The number of thiocarbonyl (C=S) groups is 1. The molecule has 0 bridgehead atoms. The Hall–Kier alpha value is -0.620. The molecular weight excluding hydrogens is 222 g/mol. The Labute approximate surface area is 89.2 Å². The summed E-state index contributed by atoms with van der Waals surface area (Å²) < 4.78 is 27.2. The fourth-order valence-corrected chi connectivity index (χ4v) is 2.52. The second kappa shape index (κ2) is 4.75. The summed E-state index contributed by atoms with van der Waals surface area (Å²) in [5.41, 5.74) is 0. The second-order valence-electron chi connectivity index (χ2n) is 3.04. The van der Waals surface area contributed by atoms with E-state index in [4.69, 9.17) is 17.0 Å². The van der Waals surface area contributed by atoms with Gasteiger partial charge in [0.1, 0.15) is 0 Å². The van der Waals surface area contributed by atoms with Gasteiger partial charge in [-0.25, -0.2) is 8.42 Å². The summed E-state index contributed by atoms with van der Waals surface area (Å²) in [5, 5.41) is 4.28. The molecule has 0 amide bonds. The van der Waals surface area contributed by atoms with E-state index in [2.05, 4.69) is 5.32 Å². The highest BCUT2D eigenvalue weighted by Gasteiger charge is 2.22. The van der Waals surface area contributed by atoms with Gasteiger partial charge in [-0.1, -0.05) is 6.92 Å². The van der Waals surface area contributed by atoms with Crippen LogP contribution in [0.25, 0.3) is 0 Å². The Morgan fingerprint density at radius 1 is 1.71 bits per heavy atom. The third kappa shape index (κ3) is 3.63. The number of rotatable bonds is 3. The van der Waals surface area contributed by atoms with E-state index in [9.17, 15) is 8.42 Å². The standard InChI is InChI=1S/C8H13NO3S2/c1-2-4-12-8(13)9-7-3-5-14(10,11)6-7/h3,5,7H,2,4,6H2,1H3,(H,9,13)/t7-/m1/s1. The van der Waals surface area contributed by atoms with Crippen LogP contribution in [-0.4, -0.2) is 32.0 Å². The first-order chi connectivity index (χ1) is 6.53. The van der Waals surface area contributed by atoms with Gasteiger partial charge in [0.2, 0.25) is 0 Å². The normalized spacial score (nSPS) is 23.4. The average Bonchev–Trinajstić information content (AvgIpc) is 2.42. The van der Waals surface area contributed by atoms with Crippen molar-refractivity contribution in [3.8, 4) is 0 Å². The van der Waals surface area contributed by atoms with Gasteiger partial charge in [-0.05, 0) is 24.7 Å². The van der Waals surface area contributed by atoms with E-state index >= 15 is 0 Å². The monoisotopic (exact) mass is 235 g/mol. The third-order valence-corrected chi connectivity index (χ3v) is 3.30. The third-order valence-electron chi connectivity index (χ3n) is 1.67. The summed E-state index contributed by atoms with van der Waals surface area (Å²) in [5.74, 6) is 0.0582. The van der Waals surface area contributed by atoms with E-state index in [1.165, 1.54) is 5.41 Å². The highest BCUT2D eigenvalue weighted by Crippen LogP contribution is 2.07. The first-order valence-corrected chi connectivity index (χ1v) is 6.50. The zero-order valence-electron chi connectivity index (χ0n) is 7.89. The molecule has 1 atom stereocenters. The van der Waals surface area contributed by atoms with Crippen LogP contribution in [0.2, 0.25) is 0 Å².